The summed E-state index contributed by atoms with van der Waals surface area (Å²) in [5, 5.41) is 9.88. The molecule has 0 radical (unpaired) electrons. The van der Waals surface area contributed by atoms with Crippen molar-refractivity contribution in [3.05, 3.63) is 54.1 Å². The fourth-order valence-electron chi connectivity index (χ4n) is 2.22. The van der Waals surface area contributed by atoms with Crippen LogP contribution in [0.25, 0.3) is 5.57 Å². The van der Waals surface area contributed by atoms with Gasteiger partial charge in [0.1, 0.15) is 0 Å². The van der Waals surface area contributed by atoms with Gasteiger partial charge in [0.05, 0.1) is 6.10 Å². The van der Waals surface area contributed by atoms with Crippen molar-refractivity contribution in [1.29, 1.82) is 0 Å². The first-order valence-electron chi connectivity index (χ1n) is 6.36. The van der Waals surface area contributed by atoms with Gasteiger partial charge in [-0.05, 0) is 24.1 Å². The molecule has 2 unspecified atom stereocenters. The molecule has 2 atom stereocenters. The van der Waals surface area contributed by atoms with Crippen LogP contribution in [0.2, 0.25) is 0 Å². The number of carbonyl (C=O) groups excluding carboxylic acids is 1. The largest absolute Gasteiger partial charge is 0.452 e. The molecule has 2 rings (SSSR count). The second-order valence-electron chi connectivity index (χ2n) is 4.79. The fourth-order valence-corrected chi connectivity index (χ4v) is 2.22. The van der Waals surface area contributed by atoms with Crippen LogP contribution in [0.1, 0.15) is 25.8 Å². The molecule has 0 saturated carbocycles. The molecule has 3 nitrogen and oxygen atoms in total. The molecular formula is C16H18O3. The van der Waals surface area contributed by atoms with Crippen molar-refractivity contribution in [1.82, 2.24) is 0 Å². The maximum atomic E-state index is 11.2. The van der Waals surface area contributed by atoms with Crippen LogP contribution in [0.4, 0.5) is 0 Å². The SMILES string of the molecule is CC(=O)OC1(C(C)O)C=CC(c2ccccc2)=CC1. The average Bonchev–Trinajstić information content (AvgIpc) is 2.39. The summed E-state index contributed by atoms with van der Waals surface area (Å²) < 4.78 is 5.30. The monoisotopic (exact) mass is 258 g/mol. The van der Waals surface area contributed by atoms with E-state index in [1.165, 1.54) is 6.92 Å². The number of aliphatic hydroxyl groups excluding tert-OH is 1. The summed E-state index contributed by atoms with van der Waals surface area (Å²) in [4.78, 5) is 11.2. The van der Waals surface area contributed by atoms with Crippen molar-refractivity contribution in [2.24, 2.45) is 0 Å². The molecule has 0 heterocycles. The van der Waals surface area contributed by atoms with E-state index in [1.807, 2.05) is 42.5 Å². The summed E-state index contributed by atoms with van der Waals surface area (Å²) in [5.41, 5.74) is 1.24. The quantitative estimate of drug-likeness (QED) is 0.848. The van der Waals surface area contributed by atoms with E-state index in [4.69, 9.17) is 4.74 Å². The number of ether oxygens (including phenoxy) is 1. The lowest BCUT2D eigenvalue weighted by molar-refractivity contribution is -0.161. The van der Waals surface area contributed by atoms with Gasteiger partial charge in [-0.25, -0.2) is 0 Å². The van der Waals surface area contributed by atoms with E-state index in [9.17, 15) is 9.90 Å². The van der Waals surface area contributed by atoms with E-state index < -0.39 is 11.7 Å². The Morgan fingerprint density at radius 1 is 1.37 bits per heavy atom. The minimum atomic E-state index is -0.940. The highest BCUT2D eigenvalue weighted by Crippen LogP contribution is 2.32. The molecule has 1 aliphatic rings. The van der Waals surface area contributed by atoms with E-state index in [2.05, 4.69) is 0 Å². The van der Waals surface area contributed by atoms with Gasteiger partial charge in [-0.1, -0.05) is 42.5 Å². The first-order valence-corrected chi connectivity index (χ1v) is 6.36. The minimum Gasteiger partial charge on any atom is -0.452 e. The molecule has 0 aromatic heterocycles. The molecule has 3 heteroatoms. The first-order chi connectivity index (χ1) is 9.03. The number of benzene rings is 1. The van der Waals surface area contributed by atoms with Crippen LogP contribution >= 0.6 is 0 Å². The van der Waals surface area contributed by atoms with E-state index in [-0.39, 0.29) is 5.97 Å². The third-order valence-electron chi connectivity index (χ3n) is 3.33. The van der Waals surface area contributed by atoms with Crippen molar-refractivity contribution in [2.75, 3.05) is 0 Å². The smallest absolute Gasteiger partial charge is 0.303 e. The summed E-state index contributed by atoms with van der Waals surface area (Å²) in [7, 11) is 0. The predicted octanol–water partition coefficient (Wildman–Crippen LogP) is 2.71. The molecule has 100 valence electrons. The van der Waals surface area contributed by atoms with Crippen molar-refractivity contribution in [3.63, 3.8) is 0 Å². The van der Waals surface area contributed by atoms with Crippen molar-refractivity contribution in [2.45, 2.75) is 32.0 Å². The highest BCUT2D eigenvalue weighted by Gasteiger charge is 2.36. The van der Waals surface area contributed by atoms with Crippen LogP contribution in [-0.2, 0) is 9.53 Å². The summed E-state index contributed by atoms with van der Waals surface area (Å²) in [6.45, 7) is 2.99. The van der Waals surface area contributed by atoms with E-state index in [1.54, 1.807) is 13.0 Å². The lowest BCUT2D eigenvalue weighted by Gasteiger charge is -2.34. The number of esters is 1. The molecule has 1 aromatic carbocycles. The molecule has 1 aromatic rings. The van der Waals surface area contributed by atoms with Gasteiger partial charge in [0.25, 0.3) is 0 Å². The Balaban J connectivity index is 2.23. The lowest BCUT2D eigenvalue weighted by atomic mass is 9.86. The normalized spacial score (nSPS) is 23.6. The summed E-state index contributed by atoms with van der Waals surface area (Å²) >= 11 is 0. The van der Waals surface area contributed by atoms with Crippen LogP contribution in [0.5, 0.6) is 0 Å². The number of allylic oxidation sites excluding steroid dienone is 2. The van der Waals surface area contributed by atoms with Crippen molar-refractivity contribution in [3.8, 4) is 0 Å². The fraction of sp³-hybridized carbons (Fsp3) is 0.312. The molecule has 1 N–H and O–H groups in total. The van der Waals surface area contributed by atoms with E-state index >= 15 is 0 Å². The second kappa shape index (κ2) is 5.41. The highest BCUT2D eigenvalue weighted by atomic mass is 16.6. The molecule has 0 fully saturated rings. The molecule has 0 aliphatic heterocycles. The lowest BCUT2D eigenvalue weighted by Crippen LogP contribution is -2.43. The third-order valence-corrected chi connectivity index (χ3v) is 3.33. The Hall–Kier alpha value is -1.87. The Bertz CT molecular complexity index is 514. The Morgan fingerprint density at radius 3 is 2.53 bits per heavy atom. The number of hydrogen-bond acceptors (Lipinski definition) is 3. The topological polar surface area (TPSA) is 46.5 Å². The molecular weight excluding hydrogens is 240 g/mol. The zero-order valence-electron chi connectivity index (χ0n) is 11.2. The Labute approximate surface area is 113 Å². The van der Waals surface area contributed by atoms with Gasteiger partial charge in [-0.15, -0.1) is 0 Å². The van der Waals surface area contributed by atoms with E-state index in [0.29, 0.717) is 6.42 Å². The van der Waals surface area contributed by atoms with Crippen LogP contribution in [0.15, 0.2) is 48.6 Å². The average molecular weight is 258 g/mol. The number of carbonyl (C=O) groups is 1. The summed E-state index contributed by atoms with van der Waals surface area (Å²) in [5.74, 6) is -0.387. The van der Waals surface area contributed by atoms with Crippen molar-refractivity contribution < 1.29 is 14.6 Å². The zero-order valence-corrected chi connectivity index (χ0v) is 11.2. The third kappa shape index (κ3) is 2.93. The van der Waals surface area contributed by atoms with Crippen LogP contribution in [0, 0.1) is 0 Å². The van der Waals surface area contributed by atoms with Crippen LogP contribution in [-0.4, -0.2) is 22.8 Å². The van der Waals surface area contributed by atoms with Crippen LogP contribution < -0.4 is 0 Å². The van der Waals surface area contributed by atoms with Gasteiger partial charge in [-0.3, -0.25) is 4.79 Å². The second-order valence-corrected chi connectivity index (χ2v) is 4.79. The van der Waals surface area contributed by atoms with Crippen LogP contribution in [0.3, 0.4) is 0 Å². The molecule has 0 spiro atoms. The highest BCUT2D eigenvalue weighted by molar-refractivity contribution is 5.76. The minimum absolute atomic E-state index is 0.387. The van der Waals surface area contributed by atoms with E-state index in [0.717, 1.165) is 11.1 Å². The number of rotatable bonds is 3. The van der Waals surface area contributed by atoms with Crippen molar-refractivity contribution >= 4 is 11.5 Å². The zero-order chi connectivity index (χ0) is 13.9. The number of aliphatic hydroxyl groups is 1. The maximum Gasteiger partial charge on any atom is 0.303 e. The van der Waals surface area contributed by atoms with Gasteiger partial charge < -0.3 is 9.84 Å². The predicted molar refractivity (Wildman–Crippen MR) is 74.4 cm³/mol. The molecule has 0 saturated heterocycles. The van der Waals surface area contributed by atoms with Gasteiger partial charge in [-0.2, -0.15) is 0 Å². The molecule has 1 aliphatic carbocycles. The molecule has 0 bridgehead atoms. The summed E-state index contributed by atoms with van der Waals surface area (Å²) in [6, 6.07) is 9.98. The molecule has 0 amide bonds. The Kier molecular flexibility index (Phi) is 3.86. The van der Waals surface area contributed by atoms with Gasteiger partial charge in [0, 0.05) is 13.3 Å². The number of hydrogen-bond donors (Lipinski definition) is 1. The van der Waals surface area contributed by atoms with Gasteiger partial charge in [0.2, 0.25) is 0 Å². The molecule has 19 heavy (non-hydrogen) atoms. The van der Waals surface area contributed by atoms with Gasteiger partial charge >= 0.3 is 5.97 Å². The van der Waals surface area contributed by atoms with Gasteiger partial charge in [0.15, 0.2) is 5.60 Å². The Morgan fingerprint density at radius 2 is 2.05 bits per heavy atom. The summed E-state index contributed by atoms with van der Waals surface area (Å²) in [6.07, 6.45) is 5.40. The first kappa shape index (κ1) is 13.6. The standard InChI is InChI=1S/C16H18O3/c1-12(17)16(19-13(2)18)10-8-15(9-11-16)14-6-4-3-5-7-14/h3-10,12,17H,11H2,1-2H3. The maximum absolute atomic E-state index is 11.2.